The highest BCUT2D eigenvalue weighted by molar-refractivity contribution is 7.89. The SMILES string of the molecule is CCC(=O)Nc1ccc(S(=O)(=O)NCCCN2CCN(c3ccc(F)cc3)CC2)cc1. The van der Waals surface area contributed by atoms with Crippen LogP contribution in [0.5, 0.6) is 0 Å². The quantitative estimate of drug-likeness (QED) is 0.577. The zero-order chi connectivity index (χ0) is 22.3. The summed E-state index contributed by atoms with van der Waals surface area (Å²) in [6, 6.07) is 12.7. The van der Waals surface area contributed by atoms with E-state index in [0.29, 0.717) is 25.1 Å². The number of hydrogen-bond donors (Lipinski definition) is 2. The standard InChI is InChI=1S/C22H29FN4O3S/c1-2-22(28)25-19-6-10-21(11-7-19)31(29,30)24-12-3-13-26-14-16-27(17-15-26)20-8-4-18(23)5-9-20/h4-11,24H,2-3,12-17H2,1H3,(H,25,28). The molecule has 168 valence electrons. The summed E-state index contributed by atoms with van der Waals surface area (Å²) in [6.07, 6.45) is 1.07. The van der Waals surface area contributed by atoms with Crippen molar-refractivity contribution in [1.82, 2.24) is 9.62 Å². The number of halogens is 1. The Kier molecular flexibility index (Phi) is 8.00. The van der Waals surface area contributed by atoms with Gasteiger partial charge in [-0.15, -0.1) is 0 Å². The fraction of sp³-hybridized carbons (Fsp3) is 0.409. The smallest absolute Gasteiger partial charge is 0.240 e. The molecular weight excluding hydrogens is 419 g/mol. The number of anilines is 2. The van der Waals surface area contributed by atoms with E-state index in [0.717, 1.165) is 38.4 Å². The van der Waals surface area contributed by atoms with Crippen LogP contribution in [0.4, 0.5) is 15.8 Å². The molecule has 1 amide bonds. The Morgan fingerprint density at radius 3 is 2.26 bits per heavy atom. The van der Waals surface area contributed by atoms with Crippen LogP contribution in [0.2, 0.25) is 0 Å². The Bertz CT molecular complexity index is 957. The molecule has 0 aromatic heterocycles. The number of carbonyl (C=O) groups excluding carboxylic acids is 1. The van der Waals surface area contributed by atoms with E-state index in [-0.39, 0.29) is 16.6 Å². The molecule has 1 heterocycles. The Labute approximate surface area is 183 Å². The molecule has 0 atom stereocenters. The summed E-state index contributed by atoms with van der Waals surface area (Å²) in [7, 11) is -3.58. The lowest BCUT2D eigenvalue weighted by molar-refractivity contribution is -0.115. The summed E-state index contributed by atoms with van der Waals surface area (Å²) in [5.41, 5.74) is 1.60. The van der Waals surface area contributed by atoms with E-state index >= 15 is 0 Å². The van der Waals surface area contributed by atoms with Gasteiger partial charge in [-0.25, -0.2) is 17.5 Å². The highest BCUT2D eigenvalue weighted by atomic mass is 32.2. The summed E-state index contributed by atoms with van der Waals surface area (Å²) in [5.74, 6) is -0.351. The summed E-state index contributed by atoms with van der Waals surface area (Å²) >= 11 is 0. The van der Waals surface area contributed by atoms with E-state index < -0.39 is 10.0 Å². The average Bonchev–Trinajstić information content (AvgIpc) is 2.78. The van der Waals surface area contributed by atoms with Gasteiger partial charge in [-0.05, 0) is 61.5 Å². The van der Waals surface area contributed by atoms with Crippen molar-refractivity contribution in [3.8, 4) is 0 Å². The molecule has 1 aliphatic rings. The van der Waals surface area contributed by atoms with Crippen molar-refractivity contribution in [2.75, 3.05) is 49.5 Å². The van der Waals surface area contributed by atoms with E-state index in [9.17, 15) is 17.6 Å². The minimum Gasteiger partial charge on any atom is -0.369 e. The first kappa shape index (κ1) is 23.2. The summed E-state index contributed by atoms with van der Waals surface area (Å²) < 4.78 is 40.6. The lowest BCUT2D eigenvalue weighted by Crippen LogP contribution is -2.47. The van der Waals surface area contributed by atoms with Gasteiger partial charge in [0.25, 0.3) is 0 Å². The number of amides is 1. The molecule has 0 unspecified atom stereocenters. The molecule has 0 spiro atoms. The van der Waals surface area contributed by atoms with Crippen molar-refractivity contribution in [2.45, 2.75) is 24.7 Å². The lowest BCUT2D eigenvalue weighted by Gasteiger charge is -2.36. The summed E-state index contributed by atoms with van der Waals surface area (Å²) in [4.78, 5) is 16.1. The van der Waals surface area contributed by atoms with Gasteiger partial charge < -0.3 is 10.2 Å². The zero-order valence-electron chi connectivity index (χ0n) is 17.7. The largest absolute Gasteiger partial charge is 0.369 e. The lowest BCUT2D eigenvalue weighted by atomic mass is 10.2. The van der Waals surface area contributed by atoms with Gasteiger partial charge in [-0.3, -0.25) is 9.69 Å². The number of carbonyl (C=O) groups is 1. The highest BCUT2D eigenvalue weighted by Gasteiger charge is 2.18. The molecular formula is C22H29FN4O3S. The second kappa shape index (κ2) is 10.7. The molecule has 0 saturated carbocycles. The fourth-order valence-corrected chi connectivity index (χ4v) is 4.52. The van der Waals surface area contributed by atoms with E-state index in [2.05, 4.69) is 19.8 Å². The van der Waals surface area contributed by atoms with Crippen LogP contribution in [-0.4, -0.2) is 58.5 Å². The second-order valence-electron chi connectivity index (χ2n) is 7.48. The Hall–Kier alpha value is -2.49. The highest BCUT2D eigenvalue weighted by Crippen LogP contribution is 2.17. The van der Waals surface area contributed by atoms with Crippen molar-refractivity contribution in [3.63, 3.8) is 0 Å². The van der Waals surface area contributed by atoms with Gasteiger partial charge in [-0.1, -0.05) is 6.92 Å². The Morgan fingerprint density at radius 2 is 1.65 bits per heavy atom. The number of piperazine rings is 1. The molecule has 31 heavy (non-hydrogen) atoms. The fourth-order valence-electron chi connectivity index (χ4n) is 3.44. The number of benzene rings is 2. The molecule has 9 heteroatoms. The Morgan fingerprint density at radius 1 is 1.00 bits per heavy atom. The molecule has 2 N–H and O–H groups in total. The van der Waals surface area contributed by atoms with Gasteiger partial charge in [0.2, 0.25) is 15.9 Å². The maximum atomic E-state index is 13.1. The normalized spacial score (nSPS) is 15.1. The molecule has 0 radical (unpaired) electrons. The first-order valence-electron chi connectivity index (χ1n) is 10.5. The molecule has 1 fully saturated rings. The molecule has 2 aromatic rings. The minimum atomic E-state index is -3.58. The number of sulfonamides is 1. The first-order valence-corrected chi connectivity index (χ1v) is 12.0. The topological polar surface area (TPSA) is 81.7 Å². The van der Waals surface area contributed by atoms with Crippen LogP contribution in [-0.2, 0) is 14.8 Å². The third-order valence-corrected chi connectivity index (χ3v) is 6.75. The molecule has 0 aliphatic carbocycles. The van der Waals surface area contributed by atoms with Gasteiger partial charge in [0.05, 0.1) is 4.90 Å². The van der Waals surface area contributed by atoms with Crippen LogP contribution >= 0.6 is 0 Å². The molecule has 7 nitrogen and oxygen atoms in total. The minimum absolute atomic E-state index is 0.118. The third kappa shape index (κ3) is 6.75. The average molecular weight is 449 g/mol. The van der Waals surface area contributed by atoms with Crippen LogP contribution < -0.4 is 14.9 Å². The van der Waals surface area contributed by atoms with Crippen LogP contribution in [0.3, 0.4) is 0 Å². The monoisotopic (exact) mass is 448 g/mol. The summed E-state index contributed by atoms with van der Waals surface area (Å²) in [6.45, 7) is 6.40. The van der Waals surface area contributed by atoms with Crippen molar-refractivity contribution < 1.29 is 17.6 Å². The van der Waals surface area contributed by atoms with Gasteiger partial charge in [0.1, 0.15) is 5.82 Å². The first-order chi connectivity index (χ1) is 14.9. The Balaban J connectivity index is 1.39. The maximum Gasteiger partial charge on any atom is 0.240 e. The number of rotatable bonds is 9. The van der Waals surface area contributed by atoms with Gasteiger partial charge >= 0.3 is 0 Å². The zero-order valence-corrected chi connectivity index (χ0v) is 18.5. The predicted octanol–water partition coefficient (Wildman–Crippen LogP) is 2.66. The molecule has 1 saturated heterocycles. The van der Waals surface area contributed by atoms with Crippen molar-refractivity contribution in [1.29, 1.82) is 0 Å². The number of nitrogens with one attached hydrogen (secondary N) is 2. The molecule has 1 aliphatic heterocycles. The molecule has 0 bridgehead atoms. The van der Waals surface area contributed by atoms with Gasteiger partial charge in [0.15, 0.2) is 0 Å². The second-order valence-corrected chi connectivity index (χ2v) is 9.25. The van der Waals surface area contributed by atoms with Crippen LogP contribution in [0.25, 0.3) is 0 Å². The van der Waals surface area contributed by atoms with E-state index in [1.54, 1.807) is 31.2 Å². The number of nitrogens with zero attached hydrogens (tertiary/aromatic N) is 2. The maximum absolute atomic E-state index is 13.1. The van der Waals surface area contributed by atoms with Crippen molar-refractivity contribution in [3.05, 3.63) is 54.3 Å². The van der Waals surface area contributed by atoms with Gasteiger partial charge in [0, 0.05) is 50.5 Å². The molecule has 3 rings (SSSR count). The van der Waals surface area contributed by atoms with Crippen LogP contribution in [0.15, 0.2) is 53.4 Å². The van der Waals surface area contributed by atoms with Crippen molar-refractivity contribution >= 4 is 27.3 Å². The van der Waals surface area contributed by atoms with Gasteiger partial charge in [-0.2, -0.15) is 0 Å². The summed E-state index contributed by atoms with van der Waals surface area (Å²) in [5, 5.41) is 2.70. The van der Waals surface area contributed by atoms with Crippen molar-refractivity contribution in [2.24, 2.45) is 0 Å². The third-order valence-electron chi connectivity index (χ3n) is 5.28. The van der Waals surface area contributed by atoms with E-state index in [1.165, 1.54) is 24.3 Å². The molecule has 2 aromatic carbocycles. The van der Waals surface area contributed by atoms with Crippen LogP contribution in [0, 0.1) is 5.82 Å². The van der Waals surface area contributed by atoms with Crippen LogP contribution in [0.1, 0.15) is 19.8 Å². The number of hydrogen-bond acceptors (Lipinski definition) is 5. The van der Waals surface area contributed by atoms with E-state index in [4.69, 9.17) is 0 Å². The van der Waals surface area contributed by atoms with E-state index in [1.807, 2.05) is 0 Å². The predicted molar refractivity (Wildman–Crippen MR) is 120 cm³/mol.